The van der Waals surface area contributed by atoms with Crippen LogP contribution in [0.5, 0.6) is 0 Å². The first-order chi connectivity index (χ1) is 11.1. The van der Waals surface area contributed by atoms with Gasteiger partial charge in [-0.2, -0.15) is 0 Å². The topological polar surface area (TPSA) is 102 Å². The zero-order chi connectivity index (χ0) is 16.4. The van der Waals surface area contributed by atoms with Crippen LogP contribution in [0, 0.1) is 0 Å². The number of aromatic nitrogens is 3. The van der Waals surface area contributed by atoms with E-state index in [-0.39, 0.29) is 30.7 Å². The molecule has 1 N–H and O–H groups in total. The van der Waals surface area contributed by atoms with Crippen molar-refractivity contribution >= 4 is 11.8 Å². The molecule has 0 aromatic carbocycles. The standard InChI is InChI=1S/C14H17N5O4/c1-2-17-5-6-18-12(13(17)21)16-19(14(18)22)9-11(20)15-8-10-4-3-7-23-10/h3-4,7H,2,5-6,8-9H2,1H3,(H,15,20). The van der Waals surface area contributed by atoms with Crippen LogP contribution < -0.4 is 11.0 Å². The molecule has 0 saturated carbocycles. The molecule has 3 rings (SSSR count). The van der Waals surface area contributed by atoms with Gasteiger partial charge in [0.1, 0.15) is 12.3 Å². The van der Waals surface area contributed by atoms with Gasteiger partial charge in [0, 0.05) is 19.6 Å². The highest BCUT2D eigenvalue weighted by Crippen LogP contribution is 2.07. The second kappa shape index (κ2) is 6.11. The predicted octanol–water partition coefficient (Wildman–Crippen LogP) is -0.570. The number of amides is 2. The molecule has 0 saturated heterocycles. The Labute approximate surface area is 131 Å². The van der Waals surface area contributed by atoms with Crippen LogP contribution in [-0.4, -0.2) is 44.2 Å². The summed E-state index contributed by atoms with van der Waals surface area (Å²) in [5.74, 6) is 0.0369. The highest BCUT2D eigenvalue weighted by atomic mass is 16.3. The SMILES string of the molecule is CCN1CCn2c(nn(CC(=O)NCc3ccco3)c2=O)C1=O. The average Bonchev–Trinajstić information content (AvgIpc) is 3.16. The van der Waals surface area contributed by atoms with Gasteiger partial charge in [-0.05, 0) is 19.1 Å². The Kier molecular flexibility index (Phi) is 4.00. The molecule has 2 amide bonds. The molecule has 0 spiro atoms. The lowest BCUT2D eigenvalue weighted by Crippen LogP contribution is -2.42. The molecule has 1 aliphatic heterocycles. The fourth-order valence-electron chi connectivity index (χ4n) is 2.46. The van der Waals surface area contributed by atoms with Crippen LogP contribution in [0.15, 0.2) is 27.6 Å². The molecule has 2 aromatic heterocycles. The number of rotatable bonds is 5. The molecule has 0 bridgehead atoms. The molecule has 1 aliphatic rings. The Morgan fingerprint density at radius 2 is 2.22 bits per heavy atom. The number of furan rings is 1. The molecule has 9 heteroatoms. The van der Waals surface area contributed by atoms with Gasteiger partial charge in [0.05, 0.1) is 12.8 Å². The van der Waals surface area contributed by atoms with Crippen molar-refractivity contribution in [1.29, 1.82) is 0 Å². The summed E-state index contributed by atoms with van der Waals surface area (Å²) in [6, 6.07) is 3.46. The minimum Gasteiger partial charge on any atom is -0.467 e. The van der Waals surface area contributed by atoms with Crippen LogP contribution in [0.1, 0.15) is 23.3 Å². The van der Waals surface area contributed by atoms with E-state index < -0.39 is 5.69 Å². The third-order valence-electron chi connectivity index (χ3n) is 3.71. The first kappa shape index (κ1) is 15.1. The number of nitrogens with one attached hydrogen (secondary N) is 1. The summed E-state index contributed by atoms with van der Waals surface area (Å²) in [5.41, 5.74) is -0.447. The van der Waals surface area contributed by atoms with Crippen LogP contribution in [0.4, 0.5) is 0 Å². The first-order valence-corrected chi connectivity index (χ1v) is 7.36. The zero-order valence-corrected chi connectivity index (χ0v) is 12.7. The maximum absolute atomic E-state index is 12.2. The highest BCUT2D eigenvalue weighted by Gasteiger charge is 2.28. The Balaban J connectivity index is 1.70. The van der Waals surface area contributed by atoms with Gasteiger partial charge in [-0.15, -0.1) is 5.10 Å². The molecular weight excluding hydrogens is 302 g/mol. The summed E-state index contributed by atoms with van der Waals surface area (Å²) in [4.78, 5) is 37.9. The summed E-state index contributed by atoms with van der Waals surface area (Å²) >= 11 is 0. The van der Waals surface area contributed by atoms with Crippen LogP contribution in [0.25, 0.3) is 0 Å². The maximum atomic E-state index is 12.2. The molecule has 0 unspecified atom stereocenters. The van der Waals surface area contributed by atoms with Gasteiger partial charge in [-0.1, -0.05) is 0 Å². The van der Waals surface area contributed by atoms with Crippen molar-refractivity contribution in [3.8, 4) is 0 Å². The second-order valence-corrected chi connectivity index (χ2v) is 5.16. The van der Waals surface area contributed by atoms with Crippen molar-refractivity contribution < 1.29 is 14.0 Å². The molecule has 122 valence electrons. The lowest BCUT2D eigenvalue weighted by molar-refractivity contribution is -0.122. The molecule has 2 aromatic rings. The molecule has 0 radical (unpaired) electrons. The summed E-state index contributed by atoms with van der Waals surface area (Å²) in [7, 11) is 0. The third kappa shape index (κ3) is 2.89. The number of carbonyl (C=O) groups is 2. The summed E-state index contributed by atoms with van der Waals surface area (Å²) in [6.45, 7) is 3.28. The first-order valence-electron chi connectivity index (χ1n) is 7.36. The average molecular weight is 319 g/mol. The third-order valence-corrected chi connectivity index (χ3v) is 3.71. The maximum Gasteiger partial charge on any atom is 0.346 e. The monoisotopic (exact) mass is 319 g/mol. The van der Waals surface area contributed by atoms with Crippen LogP contribution in [-0.2, 0) is 24.4 Å². The minimum absolute atomic E-state index is 0.0851. The van der Waals surface area contributed by atoms with Crippen molar-refractivity contribution in [2.45, 2.75) is 26.6 Å². The van der Waals surface area contributed by atoms with E-state index in [1.54, 1.807) is 17.0 Å². The largest absolute Gasteiger partial charge is 0.467 e. The van der Waals surface area contributed by atoms with Crippen LogP contribution >= 0.6 is 0 Å². The van der Waals surface area contributed by atoms with Crippen molar-refractivity contribution in [3.05, 3.63) is 40.5 Å². The Morgan fingerprint density at radius 1 is 1.39 bits per heavy atom. The summed E-state index contributed by atoms with van der Waals surface area (Å²) < 4.78 is 7.44. The van der Waals surface area contributed by atoms with Crippen molar-refractivity contribution in [3.63, 3.8) is 0 Å². The number of hydrogen-bond donors (Lipinski definition) is 1. The normalized spacial score (nSPS) is 14.0. The fourth-order valence-corrected chi connectivity index (χ4v) is 2.46. The van der Waals surface area contributed by atoms with E-state index in [2.05, 4.69) is 10.4 Å². The van der Waals surface area contributed by atoms with Crippen LogP contribution in [0.3, 0.4) is 0 Å². The molecule has 0 aliphatic carbocycles. The number of likely N-dealkylation sites (N-methyl/N-ethyl adjacent to an activating group) is 1. The number of nitrogens with zero attached hydrogens (tertiary/aromatic N) is 4. The van der Waals surface area contributed by atoms with E-state index in [4.69, 9.17) is 4.42 Å². The minimum atomic E-state index is -0.447. The molecular formula is C14H17N5O4. The van der Waals surface area contributed by atoms with Crippen molar-refractivity contribution in [2.75, 3.05) is 13.1 Å². The van der Waals surface area contributed by atoms with E-state index in [9.17, 15) is 14.4 Å². The summed E-state index contributed by atoms with van der Waals surface area (Å²) in [6.07, 6.45) is 1.51. The van der Waals surface area contributed by atoms with E-state index in [1.165, 1.54) is 10.8 Å². The van der Waals surface area contributed by atoms with E-state index in [0.717, 1.165) is 4.68 Å². The Hall–Kier alpha value is -2.84. The lowest BCUT2D eigenvalue weighted by atomic mass is 10.3. The van der Waals surface area contributed by atoms with Gasteiger partial charge in [-0.25, -0.2) is 9.48 Å². The van der Waals surface area contributed by atoms with Gasteiger partial charge in [0.2, 0.25) is 11.7 Å². The number of hydrogen-bond acceptors (Lipinski definition) is 5. The molecule has 3 heterocycles. The van der Waals surface area contributed by atoms with E-state index >= 15 is 0 Å². The van der Waals surface area contributed by atoms with Crippen molar-refractivity contribution in [1.82, 2.24) is 24.6 Å². The van der Waals surface area contributed by atoms with Gasteiger partial charge in [0.25, 0.3) is 5.91 Å². The predicted molar refractivity (Wildman–Crippen MR) is 78.6 cm³/mol. The summed E-state index contributed by atoms with van der Waals surface area (Å²) in [5, 5.41) is 6.64. The number of fused-ring (bicyclic) bond motifs is 1. The van der Waals surface area contributed by atoms with E-state index in [1.807, 2.05) is 6.92 Å². The highest BCUT2D eigenvalue weighted by molar-refractivity contribution is 5.91. The number of carbonyl (C=O) groups excluding carboxylic acids is 2. The quantitative estimate of drug-likeness (QED) is 0.795. The molecule has 9 nitrogen and oxygen atoms in total. The fraction of sp³-hybridized carbons (Fsp3) is 0.429. The smallest absolute Gasteiger partial charge is 0.346 e. The van der Waals surface area contributed by atoms with Gasteiger partial charge < -0.3 is 14.6 Å². The van der Waals surface area contributed by atoms with Gasteiger partial charge in [0.15, 0.2) is 0 Å². The molecule has 23 heavy (non-hydrogen) atoms. The lowest BCUT2D eigenvalue weighted by Gasteiger charge is -2.24. The van der Waals surface area contributed by atoms with Gasteiger partial charge in [-0.3, -0.25) is 14.2 Å². The zero-order valence-electron chi connectivity index (χ0n) is 12.7. The van der Waals surface area contributed by atoms with Gasteiger partial charge >= 0.3 is 5.69 Å². The van der Waals surface area contributed by atoms with Crippen molar-refractivity contribution in [2.24, 2.45) is 0 Å². The molecule has 0 fully saturated rings. The Morgan fingerprint density at radius 3 is 2.91 bits per heavy atom. The Bertz CT molecular complexity index is 774. The van der Waals surface area contributed by atoms with E-state index in [0.29, 0.717) is 25.4 Å². The molecule has 0 atom stereocenters. The second-order valence-electron chi connectivity index (χ2n) is 5.16. The van der Waals surface area contributed by atoms with Crippen LogP contribution in [0.2, 0.25) is 0 Å².